The van der Waals surface area contributed by atoms with E-state index in [1.54, 1.807) is 6.92 Å². The first-order chi connectivity index (χ1) is 6.02. The molecule has 3 nitrogen and oxygen atoms in total. The molecule has 0 saturated heterocycles. The molecule has 0 saturated carbocycles. The van der Waals surface area contributed by atoms with Crippen LogP contribution in [0.2, 0.25) is 0 Å². The van der Waals surface area contributed by atoms with Gasteiger partial charge in [-0.2, -0.15) is 0 Å². The number of hydrogen-bond acceptors (Lipinski definition) is 2. The summed E-state index contributed by atoms with van der Waals surface area (Å²) in [5.41, 5.74) is 5.71. The number of carbonyl (C=O) groups is 1. The van der Waals surface area contributed by atoms with Gasteiger partial charge in [0.05, 0.1) is 5.56 Å². The van der Waals surface area contributed by atoms with Crippen molar-refractivity contribution in [3.63, 3.8) is 0 Å². The van der Waals surface area contributed by atoms with Crippen molar-refractivity contribution in [1.82, 2.24) is 0 Å². The zero-order valence-electron chi connectivity index (χ0n) is 7.53. The fourth-order valence-corrected chi connectivity index (χ4v) is 1.03. The third-order valence-electron chi connectivity index (χ3n) is 1.74. The second-order valence-corrected chi connectivity index (χ2v) is 2.83. The van der Waals surface area contributed by atoms with Gasteiger partial charge in [0.2, 0.25) is 0 Å². The summed E-state index contributed by atoms with van der Waals surface area (Å²) >= 11 is 0. The molecular formula is C9H11ClFNO2. The van der Waals surface area contributed by atoms with Crippen LogP contribution in [0.25, 0.3) is 0 Å². The Morgan fingerprint density at radius 3 is 2.50 bits per heavy atom. The van der Waals surface area contributed by atoms with Crippen molar-refractivity contribution in [2.45, 2.75) is 13.0 Å². The third kappa shape index (κ3) is 2.68. The normalized spacial score (nSPS) is 11.6. The molecule has 0 radical (unpaired) electrons. The molecule has 0 spiro atoms. The maximum absolute atomic E-state index is 13.1. The predicted molar refractivity (Wildman–Crippen MR) is 53.2 cm³/mol. The molecule has 78 valence electrons. The van der Waals surface area contributed by atoms with Crippen molar-refractivity contribution in [2.24, 2.45) is 5.73 Å². The molecule has 1 aromatic rings. The SMILES string of the molecule is C[C@H](N)c1ccc(C(=O)O)cc1F.Cl. The Bertz CT molecular complexity index is 342. The number of carboxylic acid groups (broad SMARTS) is 1. The van der Waals surface area contributed by atoms with Gasteiger partial charge >= 0.3 is 5.97 Å². The lowest BCUT2D eigenvalue weighted by molar-refractivity contribution is 0.0696. The van der Waals surface area contributed by atoms with Crippen molar-refractivity contribution in [2.75, 3.05) is 0 Å². The number of rotatable bonds is 2. The van der Waals surface area contributed by atoms with Gasteiger partial charge in [0, 0.05) is 11.6 Å². The zero-order chi connectivity index (χ0) is 10.0. The summed E-state index contributed by atoms with van der Waals surface area (Å²) in [5.74, 6) is -1.72. The van der Waals surface area contributed by atoms with E-state index in [-0.39, 0.29) is 18.0 Å². The van der Waals surface area contributed by atoms with Gasteiger partial charge in [-0.05, 0) is 19.1 Å². The van der Waals surface area contributed by atoms with Gasteiger partial charge < -0.3 is 10.8 Å². The molecule has 0 aliphatic rings. The lowest BCUT2D eigenvalue weighted by Gasteiger charge is -2.06. The predicted octanol–water partition coefficient (Wildman–Crippen LogP) is 1.97. The first-order valence-electron chi connectivity index (χ1n) is 3.80. The van der Waals surface area contributed by atoms with Crippen LogP contribution in [0.4, 0.5) is 4.39 Å². The summed E-state index contributed by atoms with van der Waals surface area (Å²) in [6, 6.07) is 3.28. The summed E-state index contributed by atoms with van der Waals surface area (Å²) in [7, 11) is 0. The van der Waals surface area contributed by atoms with Gasteiger partial charge in [-0.15, -0.1) is 12.4 Å². The summed E-state index contributed by atoms with van der Waals surface area (Å²) in [6.45, 7) is 1.64. The van der Waals surface area contributed by atoms with Gasteiger partial charge in [0.25, 0.3) is 0 Å². The average molecular weight is 220 g/mol. The molecular weight excluding hydrogens is 209 g/mol. The largest absolute Gasteiger partial charge is 0.478 e. The summed E-state index contributed by atoms with van der Waals surface area (Å²) in [4.78, 5) is 10.4. The van der Waals surface area contributed by atoms with E-state index in [1.165, 1.54) is 12.1 Å². The molecule has 5 heteroatoms. The summed E-state index contributed by atoms with van der Waals surface area (Å²) in [5, 5.41) is 8.54. The fraction of sp³-hybridized carbons (Fsp3) is 0.222. The van der Waals surface area contributed by atoms with Crippen LogP contribution in [0.1, 0.15) is 28.9 Å². The van der Waals surface area contributed by atoms with E-state index in [1.807, 2.05) is 0 Å². The fourth-order valence-electron chi connectivity index (χ4n) is 1.03. The van der Waals surface area contributed by atoms with Crippen LogP contribution in [-0.4, -0.2) is 11.1 Å². The van der Waals surface area contributed by atoms with Crippen molar-refractivity contribution in [3.8, 4) is 0 Å². The van der Waals surface area contributed by atoms with Gasteiger partial charge in [0.15, 0.2) is 0 Å². The monoisotopic (exact) mass is 219 g/mol. The smallest absolute Gasteiger partial charge is 0.335 e. The molecule has 1 rings (SSSR count). The summed E-state index contributed by atoms with van der Waals surface area (Å²) in [6.07, 6.45) is 0. The van der Waals surface area contributed by atoms with E-state index < -0.39 is 17.8 Å². The standard InChI is InChI=1S/C9H10FNO2.ClH/c1-5(11)7-3-2-6(9(12)13)4-8(7)10;/h2-5H,11H2,1H3,(H,12,13);1H/t5-;/m0./s1. The Hall–Kier alpha value is -1.13. The lowest BCUT2D eigenvalue weighted by Crippen LogP contribution is -2.08. The molecule has 0 aromatic heterocycles. The van der Waals surface area contributed by atoms with E-state index in [2.05, 4.69) is 0 Å². The number of nitrogens with two attached hydrogens (primary N) is 1. The van der Waals surface area contributed by atoms with Crippen molar-refractivity contribution < 1.29 is 14.3 Å². The molecule has 1 atom stereocenters. The molecule has 14 heavy (non-hydrogen) atoms. The Labute approximate surface area is 87.1 Å². The molecule has 1 aromatic carbocycles. The second kappa shape index (κ2) is 4.93. The molecule has 0 heterocycles. The van der Waals surface area contributed by atoms with Crippen molar-refractivity contribution >= 4 is 18.4 Å². The molecule has 0 bridgehead atoms. The molecule has 3 N–H and O–H groups in total. The number of carboxylic acids is 1. The molecule has 0 aliphatic heterocycles. The van der Waals surface area contributed by atoms with E-state index in [0.29, 0.717) is 5.56 Å². The Morgan fingerprint density at radius 1 is 1.57 bits per heavy atom. The van der Waals surface area contributed by atoms with Gasteiger partial charge in [-0.1, -0.05) is 6.07 Å². The highest BCUT2D eigenvalue weighted by Gasteiger charge is 2.10. The van der Waals surface area contributed by atoms with Crippen LogP contribution in [0.15, 0.2) is 18.2 Å². The highest BCUT2D eigenvalue weighted by molar-refractivity contribution is 5.87. The first kappa shape index (κ1) is 12.9. The number of benzene rings is 1. The average Bonchev–Trinajstić information content (AvgIpc) is 2.03. The van der Waals surface area contributed by atoms with E-state index in [0.717, 1.165) is 6.07 Å². The molecule has 0 amide bonds. The quantitative estimate of drug-likeness (QED) is 0.799. The van der Waals surface area contributed by atoms with Crippen LogP contribution >= 0.6 is 12.4 Å². The topological polar surface area (TPSA) is 63.3 Å². The van der Waals surface area contributed by atoms with Crippen LogP contribution in [0.5, 0.6) is 0 Å². The van der Waals surface area contributed by atoms with E-state index >= 15 is 0 Å². The zero-order valence-corrected chi connectivity index (χ0v) is 8.34. The first-order valence-corrected chi connectivity index (χ1v) is 3.80. The Morgan fingerprint density at radius 2 is 2.14 bits per heavy atom. The maximum Gasteiger partial charge on any atom is 0.335 e. The maximum atomic E-state index is 13.1. The molecule has 0 aliphatic carbocycles. The van der Waals surface area contributed by atoms with Gasteiger partial charge in [0.1, 0.15) is 5.82 Å². The van der Waals surface area contributed by atoms with Crippen LogP contribution in [0, 0.1) is 5.82 Å². The van der Waals surface area contributed by atoms with Crippen molar-refractivity contribution in [3.05, 3.63) is 35.1 Å². The lowest BCUT2D eigenvalue weighted by atomic mass is 10.1. The van der Waals surface area contributed by atoms with Gasteiger partial charge in [-0.3, -0.25) is 0 Å². The minimum Gasteiger partial charge on any atom is -0.478 e. The van der Waals surface area contributed by atoms with Crippen LogP contribution in [0.3, 0.4) is 0 Å². The second-order valence-electron chi connectivity index (χ2n) is 2.83. The number of halogens is 2. The van der Waals surface area contributed by atoms with E-state index in [9.17, 15) is 9.18 Å². The van der Waals surface area contributed by atoms with Crippen LogP contribution < -0.4 is 5.73 Å². The highest BCUT2D eigenvalue weighted by Crippen LogP contribution is 2.15. The Kier molecular flexibility index (Phi) is 4.53. The van der Waals surface area contributed by atoms with Gasteiger partial charge in [-0.25, -0.2) is 9.18 Å². The van der Waals surface area contributed by atoms with Crippen LogP contribution in [-0.2, 0) is 0 Å². The third-order valence-corrected chi connectivity index (χ3v) is 1.74. The molecule has 0 fully saturated rings. The minimum absolute atomic E-state index is 0. The molecule has 0 unspecified atom stereocenters. The highest BCUT2D eigenvalue weighted by atomic mass is 35.5. The summed E-state index contributed by atoms with van der Waals surface area (Å²) < 4.78 is 13.1. The Balaban J connectivity index is 0.00000169. The minimum atomic E-state index is -1.14. The number of hydrogen-bond donors (Lipinski definition) is 2. The van der Waals surface area contributed by atoms with E-state index in [4.69, 9.17) is 10.8 Å². The number of aromatic carboxylic acids is 1. The van der Waals surface area contributed by atoms with Crippen molar-refractivity contribution in [1.29, 1.82) is 0 Å².